The van der Waals surface area contributed by atoms with Gasteiger partial charge in [0.2, 0.25) is 6.29 Å². The zero-order valence-corrected chi connectivity index (χ0v) is 35.6. The lowest BCUT2D eigenvalue weighted by molar-refractivity contribution is -0.342. The Hall–Kier alpha value is -3.36. The molecule has 0 unspecified atom stereocenters. The van der Waals surface area contributed by atoms with Crippen LogP contribution in [0.5, 0.6) is 5.75 Å². The molecule has 1 aromatic rings. The van der Waals surface area contributed by atoms with Crippen LogP contribution in [-0.2, 0) is 33.2 Å². The first-order valence-corrected chi connectivity index (χ1v) is 21.3. The van der Waals surface area contributed by atoms with Crippen molar-refractivity contribution in [3.8, 4) is 5.75 Å². The van der Waals surface area contributed by atoms with Gasteiger partial charge in [0.15, 0.2) is 25.0 Å². The molecular weight excluding hydrogens is 928 g/mol. The summed E-state index contributed by atoms with van der Waals surface area (Å²) in [6.45, 7) is -4.04. The molecule has 20 N–H and O–H groups in total. The fourth-order valence-electron chi connectivity index (χ4n) is 8.10. The molecule has 5 fully saturated rings. The molecule has 0 aliphatic carbocycles. The van der Waals surface area contributed by atoms with Crippen LogP contribution in [0.1, 0.15) is 0 Å². The summed E-state index contributed by atoms with van der Waals surface area (Å²) in [5, 5.41) is 175. The summed E-state index contributed by atoms with van der Waals surface area (Å²) in [6, 6.07) is 3.77. The van der Waals surface area contributed by atoms with Gasteiger partial charge in [-0.2, -0.15) is 0 Å². The van der Waals surface area contributed by atoms with Crippen molar-refractivity contribution < 1.29 is 129 Å². The highest BCUT2D eigenvalue weighted by atomic mass is 16.7. The summed E-state index contributed by atoms with van der Waals surface area (Å²) in [5.41, 5.74) is 0. The normalized spacial score (nSPS) is 45.4. The SMILES string of the molecule is O=C(N[C@H]1[C@@H](Oc2ccccc2)O[C@H](CNC(=O)N[C@@H]2O[C@H](CO)[C@@H](O[C@@H]3O[C@H](CO)[C@H](O)[C@H](O)[C@H]3O)[C@H](O)[C@H]2O)[C@@H](O)[C@@H]1O)N[C@@H]1O[C@H](CO)[C@@H](O[C@@H]2O[C@H](CO)[C@@H](O)[C@H](O)[C@H]2O)[C@H](O)[C@H]1O. The van der Waals surface area contributed by atoms with E-state index < -0.39 is 198 Å². The summed E-state index contributed by atoms with van der Waals surface area (Å²) < 4.78 is 44.5. The summed E-state index contributed by atoms with van der Waals surface area (Å²) in [7, 11) is 0. The third-order valence-electron chi connectivity index (χ3n) is 12.0. The molecule has 0 radical (unpaired) electrons. The number of carbonyl (C=O) groups excluding carboxylic acids is 2. The number of benzene rings is 1. The average molecular weight is 989 g/mol. The maximum Gasteiger partial charge on any atom is 0.317 e. The minimum atomic E-state index is -2.03. The molecule has 0 saturated carbocycles. The second kappa shape index (κ2) is 23.7. The smallest absolute Gasteiger partial charge is 0.317 e. The standard InChI is InChI=1S/C38H60N4O26/c43-7-13-19(48)22(51)28(57)35(65-13)67-30-15(9-45)62-32(26(55)24(30)53)41-37(59)39-6-12-18(47)21(50)17(34(64-12)61-11-4-2-1-3-5-11)40-38(60)42-33-27(56)25(54)31(16(10-46)63-33)68-36-29(58)23(52)20(49)14(8-44)66-36/h1-5,12-36,43-58H,6-10H2,(H2,39,41,59)(H2,40,42,60)/t12-,13-,14-,15-,16-,17-,18-,19+,20-,21-,22+,23+,24-,25-,26-,27-,28-,29-,30-,31-,32-,33-,34+,35+,36+/m1/s1. The summed E-state index contributed by atoms with van der Waals surface area (Å²) >= 11 is 0. The van der Waals surface area contributed by atoms with Crippen molar-refractivity contribution >= 4 is 12.1 Å². The van der Waals surface area contributed by atoms with Crippen LogP contribution in [0, 0.1) is 0 Å². The zero-order valence-electron chi connectivity index (χ0n) is 35.6. The number of nitrogens with one attached hydrogen (secondary N) is 4. The molecule has 0 bridgehead atoms. The molecule has 25 atom stereocenters. The second-order valence-corrected chi connectivity index (χ2v) is 16.6. The molecule has 30 nitrogen and oxygen atoms in total. The first-order valence-electron chi connectivity index (χ1n) is 21.3. The van der Waals surface area contributed by atoms with Crippen LogP contribution in [0.2, 0.25) is 0 Å². The molecule has 5 aliphatic rings. The molecule has 68 heavy (non-hydrogen) atoms. The monoisotopic (exact) mass is 988 g/mol. The Morgan fingerprint density at radius 3 is 1.32 bits per heavy atom. The van der Waals surface area contributed by atoms with Crippen LogP contribution in [0.25, 0.3) is 0 Å². The van der Waals surface area contributed by atoms with Crippen molar-refractivity contribution in [3.05, 3.63) is 30.3 Å². The van der Waals surface area contributed by atoms with Crippen LogP contribution in [0.3, 0.4) is 0 Å². The molecule has 4 amide bonds. The Labute approximate surface area is 384 Å². The van der Waals surface area contributed by atoms with Gasteiger partial charge in [-0.05, 0) is 12.1 Å². The van der Waals surface area contributed by atoms with Gasteiger partial charge in [0.05, 0.1) is 26.4 Å². The summed E-state index contributed by atoms with van der Waals surface area (Å²) in [4.78, 5) is 26.5. The molecule has 30 heteroatoms. The first kappa shape index (κ1) is 54.0. The average Bonchev–Trinajstić information content (AvgIpc) is 3.33. The van der Waals surface area contributed by atoms with Gasteiger partial charge < -0.3 is 141 Å². The highest BCUT2D eigenvalue weighted by molar-refractivity contribution is 5.75. The van der Waals surface area contributed by atoms with Crippen LogP contribution >= 0.6 is 0 Å². The molecule has 5 aliphatic heterocycles. The number of carbonyl (C=O) groups is 2. The number of amides is 4. The lowest BCUT2D eigenvalue weighted by atomic mass is 9.96. The third-order valence-corrected chi connectivity index (χ3v) is 12.0. The van der Waals surface area contributed by atoms with E-state index in [0.29, 0.717) is 0 Å². The maximum absolute atomic E-state index is 13.4. The lowest BCUT2D eigenvalue weighted by Crippen LogP contribution is -2.70. The minimum absolute atomic E-state index is 0.136. The molecule has 5 saturated heterocycles. The number of hydrogen-bond acceptors (Lipinski definition) is 26. The number of ether oxygens (including phenoxy) is 8. The Morgan fingerprint density at radius 2 is 0.868 bits per heavy atom. The Kier molecular flexibility index (Phi) is 18.8. The Bertz CT molecular complexity index is 1740. The number of urea groups is 2. The van der Waals surface area contributed by atoms with Gasteiger partial charge in [-0.1, -0.05) is 18.2 Å². The molecule has 0 aromatic heterocycles. The number of aliphatic hydroxyl groups excluding tert-OH is 16. The van der Waals surface area contributed by atoms with Gasteiger partial charge in [-0.25, -0.2) is 9.59 Å². The molecule has 0 spiro atoms. The Morgan fingerprint density at radius 1 is 0.441 bits per heavy atom. The fourth-order valence-corrected chi connectivity index (χ4v) is 8.10. The molecule has 6 rings (SSSR count). The fraction of sp³-hybridized carbons (Fsp3) is 0.789. The van der Waals surface area contributed by atoms with Crippen LogP contribution < -0.4 is 26.0 Å². The van der Waals surface area contributed by atoms with E-state index >= 15 is 0 Å². The van der Waals surface area contributed by atoms with Gasteiger partial charge in [0.25, 0.3) is 0 Å². The van der Waals surface area contributed by atoms with Crippen LogP contribution in [0.15, 0.2) is 30.3 Å². The van der Waals surface area contributed by atoms with Crippen molar-refractivity contribution in [1.82, 2.24) is 21.3 Å². The van der Waals surface area contributed by atoms with Crippen molar-refractivity contribution in [3.63, 3.8) is 0 Å². The number of hydrogen-bond donors (Lipinski definition) is 20. The summed E-state index contributed by atoms with van der Waals surface area (Å²) in [6.07, 6.45) is -42.4. The number of aliphatic hydroxyl groups is 16. The molecule has 388 valence electrons. The van der Waals surface area contributed by atoms with E-state index in [2.05, 4.69) is 21.3 Å². The van der Waals surface area contributed by atoms with E-state index in [0.717, 1.165) is 0 Å². The van der Waals surface area contributed by atoms with E-state index in [1.807, 2.05) is 0 Å². The van der Waals surface area contributed by atoms with Crippen molar-refractivity contribution in [1.29, 1.82) is 0 Å². The summed E-state index contributed by atoms with van der Waals surface area (Å²) in [5.74, 6) is 0.136. The largest absolute Gasteiger partial charge is 0.463 e. The molecular formula is C38H60N4O26. The predicted molar refractivity (Wildman–Crippen MR) is 213 cm³/mol. The maximum atomic E-state index is 13.4. The highest BCUT2D eigenvalue weighted by Crippen LogP contribution is 2.31. The van der Waals surface area contributed by atoms with E-state index in [1.165, 1.54) is 12.1 Å². The van der Waals surface area contributed by atoms with E-state index in [-0.39, 0.29) is 5.75 Å². The van der Waals surface area contributed by atoms with E-state index in [4.69, 9.17) is 37.9 Å². The van der Waals surface area contributed by atoms with Gasteiger partial charge >= 0.3 is 12.1 Å². The number of rotatable bonds is 15. The highest BCUT2D eigenvalue weighted by Gasteiger charge is 2.53. The molecule has 5 heterocycles. The van der Waals surface area contributed by atoms with Crippen LogP contribution in [-0.4, -0.2) is 280 Å². The second-order valence-electron chi connectivity index (χ2n) is 16.6. The number of para-hydroxylation sites is 1. The molecule has 1 aromatic carbocycles. The lowest BCUT2D eigenvalue weighted by Gasteiger charge is -2.46. The van der Waals surface area contributed by atoms with E-state index in [1.54, 1.807) is 18.2 Å². The van der Waals surface area contributed by atoms with Crippen LogP contribution in [0.4, 0.5) is 9.59 Å². The third kappa shape index (κ3) is 11.9. The van der Waals surface area contributed by atoms with Gasteiger partial charge in [0, 0.05) is 6.54 Å². The predicted octanol–water partition coefficient (Wildman–Crippen LogP) is -11.3. The van der Waals surface area contributed by atoms with Gasteiger partial charge in [-0.15, -0.1) is 0 Å². The van der Waals surface area contributed by atoms with Crippen molar-refractivity contribution in [2.75, 3.05) is 33.0 Å². The van der Waals surface area contributed by atoms with Gasteiger partial charge in [-0.3, -0.25) is 0 Å². The van der Waals surface area contributed by atoms with E-state index in [9.17, 15) is 91.3 Å². The van der Waals surface area contributed by atoms with Crippen molar-refractivity contribution in [2.45, 2.75) is 153 Å². The van der Waals surface area contributed by atoms with Gasteiger partial charge in [0.1, 0.15) is 128 Å². The van der Waals surface area contributed by atoms with Crippen molar-refractivity contribution in [2.24, 2.45) is 0 Å². The quantitative estimate of drug-likeness (QED) is 0.0776. The first-order chi connectivity index (χ1) is 32.3. The Balaban J connectivity index is 1.05. The zero-order chi connectivity index (χ0) is 49.7. The topological polar surface area (TPSA) is 480 Å². The minimum Gasteiger partial charge on any atom is -0.463 e.